The summed E-state index contributed by atoms with van der Waals surface area (Å²) >= 11 is 5.07. The predicted molar refractivity (Wildman–Crippen MR) is 65.1 cm³/mol. The zero-order chi connectivity index (χ0) is 8.20. The first-order valence-corrected chi connectivity index (χ1v) is 6.03. The highest BCUT2D eigenvalue weighted by Gasteiger charge is 2.26. The van der Waals surface area contributed by atoms with Crippen molar-refractivity contribution in [3.63, 3.8) is 0 Å². The van der Waals surface area contributed by atoms with Crippen molar-refractivity contribution >= 4 is 45.2 Å². The predicted octanol–water partition coefficient (Wildman–Crippen LogP) is 4.01. The molecule has 2 unspecified atom stereocenters. The maximum Gasteiger partial charge on any atom is 0.0311 e. The van der Waals surface area contributed by atoms with Gasteiger partial charge in [0, 0.05) is 7.35 Å². The van der Waals surface area contributed by atoms with Crippen molar-refractivity contribution < 1.29 is 0 Å². The summed E-state index contributed by atoms with van der Waals surface area (Å²) in [4.78, 5) is 0. The Hall–Kier alpha value is 1.46. The largest absolute Gasteiger partial charge is 0.0809 e. The first-order valence-electron chi connectivity index (χ1n) is 3.71. The summed E-state index contributed by atoms with van der Waals surface area (Å²) in [6.07, 6.45) is 4.82. The Kier molecular flexibility index (Phi) is 5.92. The minimum Gasteiger partial charge on any atom is -0.0809 e. The van der Waals surface area contributed by atoms with Gasteiger partial charge in [-0.05, 0) is 19.8 Å². The van der Waals surface area contributed by atoms with E-state index in [0.29, 0.717) is 7.35 Å². The van der Waals surface area contributed by atoms with Crippen LogP contribution in [0.15, 0.2) is 0 Å². The summed E-state index contributed by atoms with van der Waals surface area (Å²) in [5.41, 5.74) is 0. The first kappa shape index (κ1) is 11.5. The van der Waals surface area contributed by atoms with E-state index in [1.54, 1.807) is 0 Å². The van der Waals surface area contributed by atoms with Crippen LogP contribution in [0.4, 0.5) is 0 Å². The molecule has 0 N–H and O–H groups in total. The van der Waals surface area contributed by atoms with Crippen LogP contribution in [0.2, 0.25) is 0 Å². The van der Waals surface area contributed by atoms with Gasteiger partial charge in [-0.2, -0.15) is 0 Å². The Morgan fingerprint density at radius 2 is 2.00 bits per heavy atom. The molecule has 0 saturated heterocycles. The van der Waals surface area contributed by atoms with Crippen LogP contribution in [0.5, 0.6) is 0 Å². The molecular formula is C8H15I2. The second-order valence-electron chi connectivity index (χ2n) is 2.68. The average Bonchev–Trinajstić information content (AvgIpc) is 1.89. The normalized spacial score (nSPS) is 20.1. The van der Waals surface area contributed by atoms with Crippen molar-refractivity contribution in [1.29, 1.82) is 0 Å². The Labute approximate surface area is 91.8 Å². The molecule has 2 atom stereocenters. The molecule has 0 aliphatic heterocycles. The second kappa shape index (κ2) is 5.17. The van der Waals surface area contributed by atoms with E-state index in [-0.39, 0.29) is 0 Å². The van der Waals surface area contributed by atoms with Crippen LogP contribution in [0.25, 0.3) is 0 Å². The van der Waals surface area contributed by atoms with E-state index < -0.39 is 0 Å². The lowest BCUT2D eigenvalue weighted by Crippen LogP contribution is -2.27. The molecule has 61 valence electrons. The van der Waals surface area contributed by atoms with Gasteiger partial charge in [0.25, 0.3) is 0 Å². The summed E-state index contributed by atoms with van der Waals surface area (Å²) in [5, 5.41) is 0. The summed E-state index contributed by atoms with van der Waals surface area (Å²) in [5.74, 6) is 0. The maximum absolute atomic E-state index is 2.55. The molecule has 0 spiro atoms. The lowest BCUT2D eigenvalue weighted by molar-refractivity contribution is 0.658. The second-order valence-corrected chi connectivity index (χ2v) is 6.48. The van der Waals surface area contributed by atoms with Crippen LogP contribution in [0, 0.1) is 6.42 Å². The highest BCUT2D eigenvalue weighted by Crippen LogP contribution is 2.33. The van der Waals surface area contributed by atoms with E-state index in [9.17, 15) is 0 Å². The summed E-state index contributed by atoms with van der Waals surface area (Å²) < 4.78 is 1.16. The van der Waals surface area contributed by atoms with Crippen LogP contribution in [0.3, 0.4) is 0 Å². The molecule has 10 heavy (non-hydrogen) atoms. The molecule has 0 aliphatic carbocycles. The van der Waals surface area contributed by atoms with Crippen molar-refractivity contribution in [3.8, 4) is 0 Å². The van der Waals surface area contributed by atoms with Crippen LogP contribution < -0.4 is 0 Å². The fourth-order valence-electron chi connectivity index (χ4n) is 0.648. The third kappa shape index (κ3) is 3.74. The molecule has 0 nitrogen and oxygen atoms in total. The minimum absolute atomic E-state index is 0.453. The highest BCUT2D eigenvalue weighted by molar-refractivity contribution is 14.1. The molecule has 0 saturated carbocycles. The van der Waals surface area contributed by atoms with Gasteiger partial charge in [0.1, 0.15) is 0 Å². The number of alkyl halides is 2. The quantitative estimate of drug-likeness (QED) is 0.522. The Morgan fingerprint density at radius 3 is 2.30 bits per heavy atom. The van der Waals surface area contributed by atoms with Gasteiger partial charge >= 0.3 is 0 Å². The molecule has 0 aromatic rings. The Morgan fingerprint density at radius 1 is 1.50 bits per heavy atom. The molecule has 0 aromatic carbocycles. The third-order valence-corrected chi connectivity index (χ3v) is 6.22. The SMILES string of the molecule is CC[CH]C(I)C(C)(I)CC. The Balaban J connectivity index is 3.78. The lowest BCUT2D eigenvalue weighted by Gasteiger charge is -2.26. The fourth-order valence-corrected chi connectivity index (χ4v) is 1.85. The molecule has 0 aliphatic rings. The summed E-state index contributed by atoms with van der Waals surface area (Å²) in [7, 11) is 0. The van der Waals surface area contributed by atoms with Gasteiger partial charge in [0.15, 0.2) is 0 Å². The van der Waals surface area contributed by atoms with Crippen LogP contribution in [-0.4, -0.2) is 7.35 Å². The molecule has 0 aromatic heterocycles. The smallest absolute Gasteiger partial charge is 0.0311 e. The average molecular weight is 365 g/mol. The van der Waals surface area contributed by atoms with Gasteiger partial charge < -0.3 is 0 Å². The molecular weight excluding hydrogens is 350 g/mol. The van der Waals surface area contributed by atoms with Crippen molar-refractivity contribution in [2.45, 2.75) is 41.0 Å². The van der Waals surface area contributed by atoms with Crippen LogP contribution in [-0.2, 0) is 0 Å². The van der Waals surface area contributed by atoms with E-state index in [1.165, 1.54) is 12.8 Å². The third-order valence-electron chi connectivity index (χ3n) is 1.71. The summed E-state index contributed by atoms with van der Waals surface area (Å²) in [6.45, 7) is 6.77. The number of hydrogen-bond donors (Lipinski definition) is 0. The zero-order valence-electron chi connectivity index (χ0n) is 6.82. The zero-order valence-corrected chi connectivity index (χ0v) is 11.1. The van der Waals surface area contributed by atoms with Crippen LogP contribution in [0.1, 0.15) is 33.6 Å². The van der Waals surface area contributed by atoms with E-state index in [2.05, 4.69) is 72.4 Å². The van der Waals surface area contributed by atoms with Crippen molar-refractivity contribution in [3.05, 3.63) is 6.42 Å². The number of halogens is 2. The molecule has 1 radical (unpaired) electrons. The molecule has 0 heterocycles. The molecule has 2 heteroatoms. The van der Waals surface area contributed by atoms with Gasteiger partial charge in [-0.15, -0.1) is 0 Å². The first-order chi connectivity index (χ1) is 4.54. The van der Waals surface area contributed by atoms with Crippen molar-refractivity contribution in [2.24, 2.45) is 0 Å². The number of hydrogen-bond acceptors (Lipinski definition) is 0. The molecule has 0 bridgehead atoms. The van der Waals surface area contributed by atoms with Gasteiger partial charge in [0.2, 0.25) is 0 Å². The van der Waals surface area contributed by atoms with Crippen molar-refractivity contribution in [2.75, 3.05) is 0 Å². The van der Waals surface area contributed by atoms with Crippen LogP contribution >= 0.6 is 45.2 Å². The highest BCUT2D eigenvalue weighted by atomic mass is 127. The topological polar surface area (TPSA) is 0 Å². The van der Waals surface area contributed by atoms with E-state index in [4.69, 9.17) is 0 Å². The molecule has 0 rings (SSSR count). The minimum atomic E-state index is 0.453. The molecule has 0 amide bonds. The Bertz CT molecular complexity index is 89.3. The number of rotatable bonds is 4. The monoisotopic (exact) mass is 365 g/mol. The van der Waals surface area contributed by atoms with Gasteiger partial charge in [-0.1, -0.05) is 65.5 Å². The molecule has 0 fully saturated rings. The van der Waals surface area contributed by atoms with Gasteiger partial charge in [0.05, 0.1) is 0 Å². The van der Waals surface area contributed by atoms with E-state index in [1.807, 2.05) is 0 Å². The standard InChI is InChI=1S/C8H15I2/c1-4-6-7(9)8(3,10)5-2/h6-7H,4-5H2,1-3H3. The fraction of sp³-hybridized carbons (Fsp3) is 0.875. The van der Waals surface area contributed by atoms with E-state index in [0.717, 1.165) is 0 Å². The summed E-state index contributed by atoms with van der Waals surface area (Å²) in [6, 6.07) is 0. The lowest BCUT2D eigenvalue weighted by atomic mass is 10.0. The van der Waals surface area contributed by atoms with E-state index >= 15 is 0 Å². The van der Waals surface area contributed by atoms with Gasteiger partial charge in [-0.3, -0.25) is 0 Å². The van der Waals surface area contributed by atoms with Crippen molar-refractivity contribution in [1.82, 2.24) is 0 Å². The maximum atomic E-state index is 2.55. The van der Waals surface area contributed by atoms with Gasteiger partial charge in [-0.25, -0.2) is 0 Å².